The Morgan fingerprint density at radius 1 is 0.944 bits per heavy atom. The van der Waals surface area contributed by atoms with E-state index in [1.165, 1.54) is 69.8 Å². The van der Waals surface area contributed by atoms with Gasteiger partial charge in [-0.25, -0.2) is 0 Å². The Balaban J connectivity index is 1.92. The van der Waals surface area contributed by atoms with Gasteiger partial charge in [-0.15, -0.1) is 0 Å². The molecule has 0 bridgehead atoms. The summed E-state index contributed by atoms with van der Waals surface area (Å²) >= 11 is 0. The SMILES string of the molecule is CCCCCCCCCCC(C)C1=CC=C(C)C1. The highest BCUT2D eigenvalue weighted by Gasteiger charge is 2.11. The molecular formula is C18H32. The van der Waals surface area contributed by atoms with Crippen LogP contribution in [0.3, 0.4) is 0 Å². The van der Waals surface area contributed by atoms with Gasteiger partial charge in [-0.3, -0.25) is 0 Å². The van der Waals surface area contributed by atoms with Crippen LogP contribution >= 0.6 is 0 Å². The predicted octanol–water partition coefficient (Wildman–Crippen LogP) is 6.43. The minimum absolute atomic E-state index is 0.804. The first-order valence-electron chi connectivity index (χ1n) is 8.10. The van der Waals surface area contributed by atoms with Gasteiger partial charge in [0.25, 0.3) is 0 Å². The van der Waals surface area contributed by atoms with E-state index in [9.17, 15) is 0 Å². The molecule has 0 aliphatic heterocycles. The average molecular weight is 248 g/mol. The van der Waals surface area contributed by atoms with E-state index in [1.807, 2.05) is 0 Å². The molecule has 1 unspecified atom stereocenters. The maximum atomic E-state index is 2.40. The Labute approximate surface area is 115 Å². The Morgan fingerprint density at radius 2 is 1.56 bits per heavy atom. The second kappa shape index (κ2) is 9.42. The third-order valence-corrected chi connectivity index (χ3v) is 4.19. The van der Waals surface area contributed by atoms with Gasteiger partial charge in [0.1, 0.15) is 0 Å². The summed E-state index contributed by atoms with van der Waals surface area (Å²) in [5, 5.41) is 0. The minimum Gasteiger partial charge on any atom is -0.0693 e. The molecule has 0 radical (unpaired) electrons. The van der Waals surface area contributed by atoms with Gasteiger partial charge in [-0.05, 0) is 25.7 Å². The van der Waals surface area contributed by atoms with Crippen molar-refractivity contribution in [2.24, 2.45) is 5.92 Å². The number of unbranched alkanes of at least 4 members (excludes halogenated alkanes) is 7. The van der Waals surface area contributed by atoms with Gasteiger partial charge in [0, 0.05) is 0 Å². The third-order valence-electron chi connectivity index (χ3n) is 4.19. The van der Waals surface area contributed by atoms with Crippen LogP contribution in [0.15, 0.2) is 23.3 Å². The van der Waals surface area contributed by atoms with Gasteiger partial charge < -0.3 is 0 Å². The Kier molecular flexibility index (Phi) is 8.13. The van der Waals surface area contributed by atoms with Crippen molar-refractivity contribution in [2.75, 3.05) is 0 Å². The van der Waals surface area contributed by atoms with Crippen molar-refractivity contribution in [1.29, 1.82) is 0 Å². The van der Waals surface area contributed by atoms with Crippen LogP contribution in [0, 0.1) is 5.92 Å². The molecule has 1 aliphatic carbocycles. The molecule has 104 valence electrons. The molecule has 0 aromatic rings. The van der Waals surface area contributed by atoms with E-state index in [0.29, 0.717) is 0 Å². The standard InChI is InChI=1S/C18H32/c1-4-5-6-7-8-9-10-11-12-17(3)18-14-13-16(2)15-18/h13-14,17H,4-12,15H2,1-3H3. The van der Waals surface area contributed by atoms with E-state index in [2.05, 4.69) is 32.9 Å². The first-order valence-corrected chi connectivity index (χ1v) is 8.10. The van der Waals surface area contributed by atoms with Crippen LogP contribution in [0.5, 0.6) is 0 Å². The highest BCUT2D eigenvalue weighted by atomic mass is 14.2. The van der Waals surface area contributed by atoms with Crippen LogP contribution in [0.25, 0.3) is 0 Å². The van der Waals surface area contributed by atoms with Crippen LogP contribution in [-0.2, 0) is 0 Å². The zero-order chi connectivity index (χ0) is 13.2. The molecule has 0 aromatic heterocycles. The molecule has 1 atom stereocenters. The normalized spacial score (nSPS) is 16.6. The molecule has 0 amide bonds. The van der Waals surface area contributed by atoms with Gasteiger partial charge >= 0.3 is 0 Å². The molecule has 1 rings (SSSR count). The summed E-state index contributed by atoms with van der Waals surface area (Å²) in [6.45, 7) is 6.93. The van der Waals surface area contributed by atoms with Crippen molar-refractivity contribution in [3.05, 3.63) is 23.3 Å². The van der Waals surface area contributed by atoms with Gasteiger partial charge in [0.05, 0.1) is 0 Å². The summed E-state index contributed by atoms with van der Waals surface area (Å²) in [6.07, 6.45) is 18.7. The lowest BCUT2D eigenvalue weighted by molar-refractivity contribution is 0.517. The number of allylic oxidation sites excluding steroid dienone is 4. The maximum absolute atomic E-state index is 2.40. The van der Waals surface area contributed by atoms with Crippen molar-refractivity contribution in [2.45, 2.75) is 85.0 Å². The van der Waals surface area contributed by atoms with E-state index in [4.69, 9.17) is 0 Å². The Hall–Kier alpha value is -0.520. The molecule has 0 spiro atoms. The summed E-state index contributed by atoms with van der Waals surface area (Å²) in [5.74, 6) is 0.804. The van der Waals surface area contributed by atoms with Crippen molar-refractivity contribution in [3.63, 3.8) is 0 Å². The van der Waals surface area contributed by atoms with Crippen LogP contribution in [-0.4, -0.2) is 0 Å². The smallest absolute Gasteiger partial charge is 0.0102 e. The average Bonchev–Trinajstić information content (AvgIpc) is 2.79. The molecule has 0 heterocycles. The molecule has 0 saturated heterocycles. The van der Waals surface area contributed by atoms with Crippen molar-refractivity contribution < 1.29 is 0 Å². The molecule has 0 fully saturated rings. The van der Waals surface area contributed by atoms with E-state index in [0.717, 1.165) is 5.92 Å². The summed E-state index contributed by atoms with van der Waals surface area (Å²) in [6, 6.07) is 0. The molecule has 1 aliphatic rings. The second-order valence-corrected chi connectivity index (χ2v) is 6.10. The predicted molar refractivity (Wildman–Crippen MR) is 82.8 cm³/mol. The first-order chi connectivity index (χ1) is 8.74. The van der Waals surface area contributed by atoms with Crippen LogP contribution < -0.4 is 0 Å². The van der Waals surface area contributed by atoms with E-state index >= 15 is 0 Å². The van der Waals surface area contributed by atoms with Crippen LogP contribution in [0.2, 0.25) is 0 Å². The lowest BCUT2D eigenvalue weighted by Gasteiger charge is -2.13. The van der Waals surface area contributed by atoms with E-state index < -0.39 is 0 Å². The zero-order valence-electron chi connectivity index (χ0n) is 12.8. The molecular weight excluding hydrogens is 216 g/mol. The molecule has 0 nitrogen and oxygen atoms in total. The highest BCUT2D eigenvalue weighted by Crippen LogP contribution is 2.28. The van der Waals surface area contributed by atoms with Gasteiger partial charge in [-0.1, -0.05) is 88.5 Å². The van der Waals surface area contributed by atoms with Crippen molar-refractivity contribution in [3.8, 4) is 0 Å². The Morgan fingerprint density at radius 3 is 2.11 bits per heavy atom. The van der Waals surface area contributed by atoms with Crippen LogP contribution in [0.4, 0.5) is 0 Å². The fraction of sp³-hybridized carbons (Fsp3) is 0.778. The number of hydrogen-bond donors (Lipinski definition) is 0. The summed E-state index contributed by atoms with van der Waals surface area (Å²) in [5.41, 5.74) is 3.20. The zero-order valence-corrected chi connectivity index (χ0v) is 12.8. The van der Waals surface area contributed by atoms with E-state index in [-0.39, 0.29) is 0 Å². The number of hydrogen-bond acceptors (Lipinski definition) is 0. The molecule has 0 N–H and O–H groups in total. The third kappa shape index (κ3) is 6.42. The van der Waals surface area contributed by atoms with Gasteiger partial charge in [0.15, 0.2) is 0 Å². The lowest BCUT2D eigenvalue weighted by atomic mass is 9.93. The largest absolute Gasteiger partial charge is 0.0693 e. The van der Waals surface area contributed by atoms with E-state index in [1.54, 1.807) is 5.57 Å². The highest BCUT2D eigenvalue weighted by molar-refractivity contribution is 5.30. The van der Waals surface area contributed by atoms with Crippen molar-refractivity contribution >= 4 is 0 Å². The van der Waals surface area contributed by atoms with Gasteiger partial charge in [-0.2, -0.15) is 0 Å². The molecule has 18 heavy (non-hydrogen) atoms. The number of rotatable bonds is 10. The van der Waals surface area contributed by atoms with Crippen molar-refractivity contribution in [1.82, 2.24) is 0 Å². The quantitative estimate of drug-likeness (QED) is 0.391. The second-order valence-electron chi connectivity index (χ2n) is 6.10. The minimum atomic E-state index is 0.804. The summed E-state index contributed by atoms with van der Waals surface area (Å²) < 4.78 is 0. The maximum Gasteiger partial charge on any atom is -0.0102 e. The topological polar surface area (TPSA) is 0 Å². The molecule has 0 saturated carbocycles. The van der Waals surface area contributed by atoms with Gasteiger partial charge in [0.2, 0.25) is 0 Å². The lowest BCUT2D eigenvalue weighted by Crippen LogP contribution is -1.98. The monoisotopic (exact) mass is 248 g/mol. The fourth-order valence-electron chi connectivity index (χ4n) is 2.80. The Bertz CT molecular complexity index is 270. The first kappa shape index (κ1) is 15.5. The summed E-state index contributed by atoms with van der Waals surface area (Å²) in [4.78, 5) is 0. The molecule has 0 aromatic carbocycles. The van der Waals surface area contributed by atoms with Crippen LogP contribution in [0.1, 0.15) is 85.0 Å². The fourth-order valence-corrected chi connectivity index (χ4v) is 2.80. The summed E-state index contributed by atoms with van der Waals surface area (Å²) in [7, 11) is 0. The molecule has 0 heteroatoms.